The van der Waals surface area contributed by atoms with Crippen molar-refractivity contribution in [3.8, 4) is 5.75 Å². The van der Waals surface area contributed by atoms with Gasteiger partial charge in [-0.05, 0) is 32.9 Å². The van der Waals surface area contributed by atoms with E-state index < -0.39 is 5.54 Å². The van der Waals surface area contributed by atoms with E-state index in [1.54, 1.807) is 6.07 Å². The number of aromatic hydroxyl groups is 1. The first-order chi connectivity index (χ1) is 11.8. The average molecular weight is 347 g/mol. The quantitative estimate of drug-likeness (QED) is 0.787. The second kappa shape index (κ2) is 8.34. The van der Waals surface area contributed by atoms with Crippen molar-refractivity contribution in [2.24, 2.45) is 0 Å². The van der Waals surface area contributed by atoms with Crippen LogP contribution in [0.5, 0.6) is 5.75 Å². The maximum absolute atomic E-state index is 12.1. The number of phenolic OH excluding ortho intramolecular Hbond substituents is 1. The van der Waals surface area contributed by atoms with Crippen molar-refractivity contribution in [3.63, 3.8) is 0 Å². The van der Waals surface area contributed by atoms with E-state index in [4.69, 9.17) is 0 Å². The van der Waals surface area contributed by atoms with Crippen LogP contribution in [0.25, 0.3) is 0 Å². The van der Waals surface area contributed by atoms with Crippen molar-refractivity contribution in [2.45, 2.75) is 39.2 Å². The van der Waals surface area contributed by atoms with Crippen LogP contribution in [0.3, 0.4) is 0 Å². The number of benzene rings is 1. The number of para-hydroxylation sites is 2. The maximum atomic E-state index is 12.1. The molecule has 138 valence electrons. The van der Waals surface area contributed by atoms with Gasteiger partial charge < -0.3 is 15.3 Å². The largest absolute Gasteiger partial charge is 0.506 e. The fraction of sp³-hybridized carbons (Fsp3) is 0.579. The first kappa shape index (κ1) is 19.2. The number of ketones is 1. The number of carbonyl (C=O) groups excluding carboxylic acids is 2. The summed E-state index contributed by atoms with van der Waals surface area (Å²) >= 11 is 0. The van der Waals surface area contributed by atoms with Crippen LogP contribution in [-0.2, 0) is 9.59 Å². The molecule has 0 radical (unpaired) electrons. The van der Waals surface area contributed by atoms with Crippen LogP contribution in [-0.4, -0.2) is 60.0 Å². The molecule has 25 heavy (non-hydrogen) atoms. The Labute approximate surface area is 149 Å². The molecular weight excluding hydrogens is 318 g/mol. The number of Topliss-reactive ketones (excluding diaryl/α,β-unsaturated/α-hetero) is 1. The van der Waals surface area contributed by atoms with Crippen LogP contribution in [0.15, 0.2) is 24.3 Å². The normalized spacial score (nSPS) is 15.9. The van der Waals surface area contributed by atoms with Gasteiger partial charge in [-0.1, -0.05) is 12.1 Å². The number of amides is 1. The lowest BCUT2D eigenvalue weighted by Crippen LogP contribution is -2.49. The SMILES string of the molecule is CC(=O)CC(C)(C)NC(=O)CCN1CCN(c2ccccc2O)CC1. The van der Waals surface area contributed by atoms with E-state index in [0.29, 0.717) is 25.1 Å². The van der Waals surface area contributed by atoms with Gasteiger partial charge in [-0.2, -0.15) is 0 Å². The third-order valence-electron chi connectivity index (χ3n) is 4.42. The van der Waals surface area contributed by atoms with Gasteiger partial charge >= 0.3 is 0 Å². The minimum absolute atomic E-state index is 0.0191. The molecule has 1 aliphatic rings. The van der Waals surface area contributed by atoms with Gasteiger partial charge in [-0.3, -0.25) is 14.5 Å². The Morgan fingerprint density at radius 3 is 2.40 bits per heavy atom. The molecule has 1 amide bonds. The summed E-state index contributed by atoms with van der Waals surface area (Å²) in [7, 11) is 0. The van der Waals surface area contributed by atoms with Crippen LogP contribution in [0, 0.1) is 0 Å². The number of anilines is 1. The van der Waals surface area contributed by atoms with Gasteiger partial charge in [0.2, 0.25) is 5.91 Å². The molecule has 6 heteroatoms. The summed E-state index contributed by atoms with van der Waals surface area (Å²) in [5.74, 6) is 0.364. The number of nitrogens with one attached hydrogen (secondary N) is 1. The molecule has 2 rings (SSSR count). The van der Waals surface area contributed by atoms with Crippen LogP contribution in [0.4, 0.5) is 5.69 Å². The summed E-state index contributed by atoms with van der Waals surface area (Å²) in [6, 6.07) is 7.38. The highest BCUT2D eigenvalue weighted by molar-refractivity contribution is 5.80. The van der Waals surface area contributed by atoms with Crippen LogP contribution in [0.1, 0.15) is 33.6 Å². The van der Waals surface area contributed by atoms with Gasteiger partial charge in [0.15, 0.2) is 0 Å². The standard InChI is InChI=1S/C19H29N3O3/c1-15(23)14-19(2,3)20-18(25)8-9-21-10-12-22(13-11-21)16-6-4-5-7-17(16)24/h4-7,24H,8-14H2,1-3H3,(H,20,25). The van der Waals surface area contributed by atoms with Gasteiger partial charge in [-0.25, -0.2) is 0 Å². The van der Waals surface area contributed by atoms with E-state index in [1.165, 1.54) is 6.92 Å². The average Bonchev–Trinajstić information content (AvgIpc) is 2.52. The van der Waals surface area contributed by atoms with Crippen LogP contribution >= 0.6 is 0 Å². The van der Waals surface area contributed by atoms with E-state index in [2.05, 4.69) is 15.1 Å². The second-order valence-corrected chi connectivity index (χ2v) is 7.38. The number of rotatable bonds is 7. The van der Waals surface area contributed by atoms with Gasteiger partial charge in [0.1, 0.15) is 11.5 Å². The maximum Gasteiger partial charge on any atom is 0.221 e. The van der Waals surface area contributed by atoms with Gasteiger partial charge in [0.05, 0.1) is 5.69 Å². The Bertz CT molecular complexity index is 608. The number of piperazine rings is 1. The summed E-state index contributed by atoms with van der Waals surface area (Å²) < 4.78 is 0. The summed E-state index contributed by atoms with van der Waals surface area (Å²) in [4.78, 5) is 27.8. The fourth-order valence-electron chi connectivity index (χ4n) is 3.31. The van der Waals surface area contributed by atoms with E-state index in [0.717, 1.165) is 31.9 Å². The molecule has 0 aromatic heterocycles. The Kier molecular flexibility index (Phi) is 6.42. The van der Waals surface area contributed by atoms with Gasteiger partial charge in [0, 0.05) is 51.1 Å². The van der Waals surface area contributed by atoms with E-state index >= 15 is 0 Å². The van der Waals surface area contributed by atoms with Crippen molar-refractivity contribution in [1.29, 1.82) is 0 Å². The summed E-state index contributed by atoms with van der Waals surface area (Å²) in [6.45, 7) is 9.37. The van der Waals surface area contributed by atoms with Crippen molar-refractivity contribution in [3.05, 3.63) is 24.3 Å². The molecular formula is C19H29N3O3. The molecule has 2 N–H and O–H groups in total. The van der Waals surface area contributed by atoms with Crippen molar-refractivity contribution >= 4 is 17.4 Å². The second-order valence-electron chi connectivity index (χ2n) is 7.38. The summed E-state index contributed by atoms with van der Waals surface area (Å²) in [5.41, 5.74) is 0.373. The Morgan fingerprint density at radius 1 is 1.16 bits per heavy atom. The van der Waals surface area contributed by atoms with Crippen molar-refractivity contribution in [2.75, 3.05) is 37.6 Å². The third kappa shape index (κ3) is 6.05. The predicted octanol–water partition coefficient (Wildman–Crippen LogP) is 1.78. The zero-order valence-corrected chi connectivity index (χ0v) is 15.4. The van der Waals surface area contributed by atoms with E-state index in [1.807, 2.05) is 32.0 Å². The number of hydrogen-bond donors (Lipinski definition) is 2. The minimum atomic E-state index is -0.494. The highest BCUT2D eigenvalue weighted by Crippen LogP contribution is 2.27. The van der Waals surface area contributed by atoms with E-state index in [-0.39, 0.29) is 11.7 Å². The first-order valence-corrected chi connectivity index (χ1v) is 8.82. The van der Waals surface area contributed by atoms with Gasteiger partial charge in [0.25, 0.3) is 0 Å². The molecule has 1 saturated heterocycles. The molecule has 6 nitrogen and oxygen atoms in total. The van der Waals surface area contributed by atoms with Crippen molar-refractivity contribution < 1.29 is 14.7 Å². The molecule has 1 fully saturated rings. The lowest BCUT2D eigenvalue weighted by atomic mass is 9.98. The molecule has 0 atom stereocenters. The first-order valence-electron chi connectivity index (χ1n) is 8.82. The number of hydrogen-bond acceptors (Lipinski definition) is 5. The van der Waals surface area contributed by atoms with Crippen LogP contribution in [0.2, 0.25) is 0 Å². The van der Waals surface area contributed by atoms with Crippen molar-refractivity contribution in [1.82, 2.24) is 10.2 Å². The molecule has 0 unspecified atom stereocenters. The zero-order chi connectivity index (χ0) is 18.4. The fourth-order valence-corrected chi connectivity index (χ4v) is 3.31. The zero-order valence-electron chi connectivity index (χ0n) is 15.4. The highest BCUT2D eigenvalue weighted by atomic mass is 16.3. The molecule has 0 saturated carbocycles. The molecule has 1 aromatic rings. The smallest absolute Gasteiger partial charge is 0.221 e. The topological polar surface area (TPSA) is 72.9 Å². The predicted molar refractivity (Wildman–Crippen MR) is 98.9 cm³/mol. The Hall–Kier alpha value is -2.08. The molecule has 1 aromatic carbocycles. The monoisotopic (exact) mass is 347 g/mol. The molecule has 0 bridgehead atoms. The highest BCUT2D eigenvalue weighted by Gasteiger charge is 2.23. The Morgan fingerprint density at radius 2 is 1.80 bits per heavy atom. The Balaban J connectivity index is 1.74. The number of nitrogens with zero attached hydrogens (tertiary/aromatic N) is 2. The minimum Gasteiger partial charge on any atom is -0.506 e. The third-order valence-corrected chi connectivity index (χ3v) is 4.42. The van der Waals surface area contributed by atoms with Crippen LogP contribution < -0.4 is 10.2 Å². The van der Waals surface area contributed by atoms with Gasteiger partial charge in [-0.15, -0.1) is 0 Å². The number of carbonyl (C=O) groups is 2. The summed E-state index contributed by atoms with van der Waals surface area (Å²) in [5, 5.41) is 12.9. The molecule has 1 heterocycles. The lowest BCUT2D eigenvalue weighted by molar-refractivity contribution is -0.124. The molecule has 0 spiro atoms. The lowest BCUT2D eigenvalue weighted by Gasteiger charge is -2.36. The molecule has 1 aliphatic heterocycles. The molecule has 0 aliphatic carbocycles. The van der Waals surface area contributed by atoms with E-state index in [9.17, 15) is 14.7 Å². The summed E-state index contributed by atoms with van der Waals surface area (Å²) in [6.07, 6.45) is 0.774. The number of phenols is 1.